The summed E-state index contributed by atoms with van der Waals surface area (Å²) in [5, 5.41) is 0.569. The van der Waals surface area contributed by atoms with Crippen LogP contribution in [0.4, 0.5) is 0 Å². The van der Waals surface area contributed by atoms with Gasteiger partial charge in [0.25, 0.3) is 6.29 Å². The molecule has 0 saturated carbocycles. The van der Waals surface area contributed by atoms with Gasteiger partial charge in [0, 0.05) is 12.2 Å². The van der Waals surface area contributed by atoms with E-state index >= 15 is 0 Å². The molecule has 1 aromatic carbocycles. The van der Waals surface area contributed by atoms with Gasteiger partial charge in [0.15, 0.2) is 12.4 Å². The molecule has 1 aliphatic heterocycles. The number of para-hydroxylation sites is 1. The number of carbonyl (C=O) groups is 2. The summed E-state index contributed by atoms with van der Waals surface area (Å²) in [5.74, 6) is -1.07. The molecular formula is C12H8Cl2O5. The van der Waals surface area contributed by atoms with Crippen molar-refractivity contribution in [2.75, 3.05) is 6.61 Å². The lowest BCUT2D eigenvalue weighted by Gasteiger charge is -2.12. The molecule has 1 aliphatic rings. The molecule has 2 rings (SSSR count). The lowest BCUT2D eigenvalue weighted by molar-refractivity contribution is -0.174. The minimum Gasteiger partial charge on any atom is -0.479 e. The first kappa shape index (κ1) is 13.7. The van der Waals surface area contributed by atoms with Crippen molar-refractivity contribution in [3.8, 4) is 5.75 Å². The maximum atomic E-state index is 11.4. The van der Waals surface area contributed by atoms with E-state index in [0.717, 1.165) is 0 Å². The van der Waals surface area contributed by atoms with Crippen LogP contribution in [0.2, 0.25) is 10.0 Å². The van der Waals surface area contributed by atoms with Gasteiger partial charge in [-0.05, 0) is 12.1 Å². The number of halogens is 2. The highest BCUT2D eigenvalue weighted by Crippen LogP contribution is 2.32. The molecule has 0 amide bonds. The first-order chi connectivity index (χ1) is 9.06. The average Bonchev–Trinajstić information content (AvgIpc) is 2.74. The van der Waals surface area contributed by atoms with Gasteiger partial charge in [-0.15, -0.1) is 0 Å². The Morgan fingerprint density at radius 2 is 2.00 bits per heavy atom. The highest BCUT2D eigenvalue weighted by Gasteiger charge is 2.21. The van der Waals surface area contributed by atoms with Crippen LogP contribution in [0.1, 0.15) is 0 Å². The van der Waals surface area contributed by atoms with Crippen molar-refractivity contribution < 1.29 is 23.8 Å². The molecule has 5 nitrogen and oxygen atoms in total. The first-order valence-electron chi connectivity index (χ1n) is 5.21. The molecule has 1 aromatic rings. The van der Waals surface area contributed by atoms with Gasteiger partial charge < -0.3 is 14.2 Å². The third kappa shape index (κ3) is 3.62. The predicted octanol–water partition coefficient (Wildman–Crippen LogP) is 2.35. The van der Waals surface area contributed by atoms with Crippen LogP contribution in [0.15, 0.2) is 30.4 Å². The second-order valence-electron chi connectivity index (χ2n) is 3.49. The standard InChI is InChI=1S/C12H8Cl2O5/c13-7-2-1-3-8(14)12(7)17-6-10(16)19-11-5-4-9(15)18-11/h1-5,11H,6H2. The van der Waals surface area contributed by atoms with Crippen molar-refractivity contribution in [1.29, 1.82) is 0 Å². The number of hydrogen-bond donors (Lipinski definition) is 0. The van der Waals surface area contributed by atoms with Gasteiger partial charge in [0.1, 0.15) is 0 Å². The minimum absolute atomic E-state index is 0.196. The van der Waals surface area contributed by atoms with Gasteiger partial charge in [-0.25, -0.2) is 9.59 Å². The van der Waals surface area contributed by atoms with E-state index in [4.69, 9.17) is 32.7 Å². The summed E-state index contributed by atoms with van der Waals surface area (Å²) in [6, 6.07) is 4.81. The number of esters is 2. The number of benzene rings is 1. The van der Waals surface area contributed by atoms with Crippen LogP contribution in [-0.4, -0.2) is 24.8 Å². The molecule has 1 unspecified atom stereocenters. The van der Waals surface area contributed by atoms with E-state index in [9.17, 15) is 9.59 Å². The highest BCUT2D eigenvalue weighted by atomic mass is 35.5. The fourth-order valence-corrected chi connectivity index (χ4v) is 1.84. The molecule has 0 saturated heterocycles. The van der Waals surface area contributed by atoms with Crippen molar-refractivity contribution >= 4 is 35.1 Å². The van der Waals surface area contributed by atoms with E-state index in [1.54, 1.807) is 18.2 Å². The number of carbonyl (C=O) groups excluding carboxylic acids is 2. The molecule has 0 aliphatic carbocycles. The second kappa shape index (κ2) is 5.95. The summed E-state index contributed by atoms with van der Waals surface area (Å²) in [6.45, 7) is -0.397. The zero-order chi connectivity index (χ0) is 13.8. The first-order valence-corrected chi connectivity index (χ1v) is 5.97. The molecule has 0 spiro atoms. The molecule has 0 aromatic heterocycles. The zero-order valence-electron chi connectivity index (χ0n) is 9.47. The van der Waals surface area contributed by atoms with Gasteiger partial charge in [0.05, 0.1) is 10.0 Å². The van der Waals surface area contributed by atoms with Crippen molar-refractivity contribution in [2.24, 2.45) is 0 Å². The lowest BCUT2D eigenvalue weighted by atomic mass is 10.3. The molecule has 100 valence electrons. The number of hydrogen-bond acceptors (Lipinski definition) is 5. The van der Waals surface area contributed by atoms with E-state index in [1.807, 2.05) is 0 Å². The third-order valence-corrected chi connectivity index (χ3v) is 2.72. The van der Waals surface area contributed by atoms with E-state index in [1.165, 1.54) is 12.2 Å². The molecule has 0 radical (unpaired) electrons. The Hall–Kier alpha value is -1.72. The fourth-order valence-electron chi connectivity index (χ4n) is 1.33. The second-order valence-corrected chi connectivity index (χ2v) is 4.31. The topological polar surface area (TPSA) is 61.8 Å². The van der Waals surface area contributed by atoms with Crippen molar-refractivity contribution in [1.82, 2.24) is 0 Å². The van der Waals surface area contributed by atoms with E-state index < -0.39 is 24.8 Å². The Morgan fingerprint density at radius 1 is 1.32 bits per heavy atom. The zero-order valence-corrected chi connectivity index (χ0v) is 11.0. The SMILES string of the molecule is O=C1C=CC(OC(=O)COc2c(Cl)cccc2Cl)O1. The monoisotopic (exact) mass is 302 g/mol. The molecule has 0 fully saturated rings. The molecule has 7 heteroatoms. The summed E-state index contributed by atoms with van der Waals surface area (Å²) >= 11 is 11.7. The molecule has 1 atom stereocenters. The van der Waals surface area contributed by atoms with Crippen molar-refractivity contribution in [3.63, 3.8) is 0 Å². The van der Waals surface area contributed by atoms with Crippen LogP contribution in [0.3, 0.4) is 0 Å². The average molecular weight is 303 g/mol. The summed E-state index contributed by atoms with van der Waals surface area (Å²) in [4.78, 5) is 22.2. The minimum atomic E-state index is -1.01. The molecule has 0 bridgehead atoms. The van der Waals surface area contributed by atoms with Crippen LogP contribution in [0, 0.1) is 0 Å². The number of rotatable bonds is 4. The van der Waals surface area contributed by atoms with E-state index in [2.05, 4.69) is 4.74 Å². The number of ether oxygens (including phenoxy) is 3. The van der Waals surface area contributed by atoms with E-state index in [-0.39, 0.29) is 15.8 Å². The van der Waals surface area contributed by atoms with Gasteiger partial charge in [-0.2, -0.15) is 0 Å². The Balaban J connectivity index is 1.87. The Morgan fingerprint density at radius 3 is 2.58 bits per heavy atom. The van der Waals surface area contributed by atoms with Crippen LogP contribution in [0.25, 0.3) is 0 Å². The van der Waals surface area contributed by atoms with Crippen LogP contribution in [-0.2, 0) is 19.1 Å². The molecule has 1 heterocycles. The summed E-state index contributed by atoms with van der Waals surface area (Å²) in [5.41, 5.74) is 0. The molecule has 19 heavy (non-hydrogen) atoms. The predicted molar refractivity (Wildman–Crippen MR) is 67.1 cm³/mol. The fraction of sp³-hybridized carbons (Fsp3) is 0.167. The maximum absolute atomic E-state index is 11.4. The van der Waals surface area contributed by atoms with Crippen LogP contribution >= 0.6 is 23.2 Å². The normalized spacial score (nSPS) is 17.2. The summed E-state index contributed by atoms with van der Waals surface area (Å²) in [6.07, 6.45) is 1.48. The lowest BCUT2D eigenvalue weighted by Crippen LogP contribution is -2.22. The molecular weight excluding hydrogens is 295 g/mol. The van der Waals surface area contributed by atoms with Crippen molar-refractivity contribution in [2.45, 2.75) is 6.29 Å². The van der Waals surface area contributed by atoms with Crippen molar-refractivity contribution in [3.05, 3.63) is 40.4 Å². The van der Waals surface area contributed by atoms with Gasteiger partial charge >= 0.3 is 11.9 Å². The maximum Gasteiger partial charge on any atom is 0.347 e. The summed E-state index contributed by atoms with van der Waals surface area (Å²) in [7, 11) is 0. The van der Waals surface area contributed by atoms with Crippen LogP contribution < -0.4 is 4.74 Å². The van der Waals surface area contributed by atoms with Gasteiger partial charge in [-0.1, -0.05) is 29.3 Å². The number of cyclic esters (lactones) is 1. The largest absolute Gasteiger partial charge is 0.479 e. The molecule has 0 N–H and O–H groups in total. The highest BCUT2D eigenvalue weighted by molar-refractivity contribution is 6.37. The third-order valence-electron chi connectivity index (χ3n) is 2.12. The Kier molecular flexibility index (Phi) is 4.29. The van der Waals surface area contributed by atoms with E-state index in [0.29, 0.717) is 0 Å². The Bertz CT molecular complexity index is 521. The van der Waals surface area contributed by atoms with Gasteiger partial charge in [-0.3, -0.25) is 0 Å². The quantitative estimate of drug-likeness (QED) is 0.799. The van der Waals surface area contributed by atoms with Crippen LogP contribution in [0.5, 0.6) is 5.75 Å². The summed E-state index contributed by atoms with van der Waals surface area (Å²) < 4.78 is 14.6. The Labute approximate surface area is 118 Å². The smallest absolute Gasteiger partial charge is 0.347 e. The van der Waals surface area contributed by atoms with Gasteiger partial charge in [0.2, 0.25) is 0 Å².